The zero-order valence-corrected chi connectivity index (χ0v) is 13.9. The molecule has 0 heterocycles. The lowest BCUT2D eigenvalue weighted by Gasteiger charge is -2.41. The van der Waals surface area contributed by atoms with Gasteiger partial charge in [-0.1, -0.05) is 36.7 Å². The van der Waals surface area contributed by atoms with Gasteiger partial charge >= 0.3 is 0 Å². The maximum Gasteiger partial charge on any atom is 0.197 e. The Labute approximate surface area is 110 Å². The summed E-state index contributed by atoms with van der Waals surface area (Å²) in [6.45, 7) is 12.0. The van der Waals surface area contributed by atoms with Crippen molar-refractivity contribution in [3.8, 4) is 0 Å². The van der Waals surface area contributed by atoms with Crippen LogP contribution in [0.5, 0.6) is 0 Å². The first-order chi connectivity index (χ1) is 7.23. The summed E-state index contributed by atoms with van der Waals surface area (Å²) in [6, 6.07) is 0. The van der Waals surface area contributed by atoms with E-state index in [0.717, 1.165) is 10.9 Å². The van der Waals surface area contributed by atoms with Gasteiger partial charge in [0.2, 0.25) is 0 Å². The lowest BCUT2D eigenvalue weighted by Crippen LogP contribution is -2.45. The van der Waals surface area contributed by atoms with Crippen molar-refractivity contribution in [2.24, 2.45) is 16.7 Å². The molecule has 0 aromatic rings. The van der Waals surface area contributed by atoms with E-state index in [1.807, 2.05) is 0 Å². The van der Waals surface area contributed by atoms with Crippen molar-refractivity contribution in [1.82, 2.24) is 0 Å². The highest BCUT2D eigenvalue weighted by atomic mass is 79.9. The number of hydrogen-bond acceptors (Lipinski definition) is 1. The standard InChI is InChI=1S/C13H25BrOSi/c1-12(2)10-6-7-13(12,3)11(8-10)15-16(4,5)9-14/h10-11H,6-9H2,1-5H3. The molecule has 2 fully saturated rings. The van der Waals surface area contributed by atoms with E-state index >= 15 is 0 Å². The van der Waals surface area contributed by atoms with Gasteiger partial charge in [-0.05, 0) is 49.1 Å². The zero-order valence-electron chi connectivity index (χ0n) is 11.3. The van der Waals surface area contributed by atoms with Gasteiger partial charge in [-0.15, -0.1) is 0 Å². The van der Waals surface area contributed by atoms with Crippen molar-refractivity contribution in [3.63, 3.8) is 0 Å². The van der Waals surface area contributed by atoms with Gasteiger partial charge in [0.05, 0.1) is 6.10 Å². The van der Waals surface area contributed by atoms with Gasteiger partial charge in [-0.2, -0.15) is 0 Å². The molecule has 2 bridgehead atoms. The van der Waals surface area contributed by atoms with Crippen molar-refractivity contribution in [2.75, 3.05) is 4.95 Å². The van der Waals surface area contributed by atoms with E-state index in [1.165, 1.54) is 19.3 Å². The molecule has 1 nitrogen and oxygen atoms in total. The van der Waals surface area contributed by atoms with Crippen LogP contribution in [0.1, 0.15) is 40.0 Å². The summed E-state index contributed by atoms with van der Waals surface area (Å²) in [7, 11) is -1.47. The largest absolute Gasteiger partial charge is 0.413 e. The molecule has 2 aliphatic rings. The van der Waals surface area contributed by atoms with Crippen LogP contribution in [0.25, 0.3) is 0 Å². The minimum absolute atomic E-state index is 0.421. The fourth-order valence-corrected chi connectivity index (χ4v) is 5.31. The van der Waals surface area contributed by atoms with E-state index in [2.05, 4.69) is 49.8 Å². The Morgan fingerprint density at radius 1 is 1.31 bits per heavy atom. The zero-order chi connectivity index (χ0) is 12.2. The van der Waals surface area contributed by atoms with Crippen LogP contribution in [0.2, 0.25) is 13.1 Å². The molecule has 3 unspecified atom stereocenters. The van der Waals surface area contributed by atoms with Crippen LogP contribution < -0.4 is 0 Å². The first-order valence-electron chi connectivity index (χ1n) is 6.47. The monoisotopic (exact) mass is 304 g/mol. The van der Waals surface area contributed by atoms with E-state index in [4.69, 9.17) is 4.43 Å². The molecule has 0 aliphatic heterocycles. The van der Waals surface area contributed by atoms with Crippen molar-refractivity contribution >= 4 is 24.2 Å². The Hall–Kier alpha value is 0.657. The molecule has 3 heteroatoms. The van der Waals surface area contributed by atoms with Crippen molar-refractivity contribution in [3.05, 3.63) is 0 Å². The number of hydrogen-bond donors (Lipinski definition) is 0. The molecular weight excluding hydrogens is 280 g/mol. The molecule has 2 saturated carbocycles. The molecule has 2 rings (SSSR count). The average molecular weight is 305 g/mol. The Balaban J connectivity index is 2.16. The fraction of sp³-hybridized carbons (Fsp3) is 1.00. The molecule has 0 aromatic heterocycles. The highest BCUT2D eigenvalue weighted by Crippen LogP contribution is 2.66. The second kappa shape index (κ2) is 3.82. The van der Waals surface area contributed by atoms with Crippen molar-refractivity contribution in [2.45, 2.75) is 59.2 Å². The van der Waals surface area contributed by atoms with E-state index in [1.54, 1.807) is 0 Å². The molecule has 0 amide bonds. The minimum atomic E-state index is -1.47. The summed E-state index contributed by atoms with van der Waals surface area (Å²) in [5.41, 5.74) is 0.901. The Kier molecular flexibility index (Phi) is 3.13. The summed E-state index contributed by atoms with van der Waals surface area (Å²) in [4.78, 5) is 1.05. The van der Waals surface area contributed by atoms with Crippen LogP contribution >= 0.6 is 15.9 Å². The van der Waals surface area contributed by atoms with Crippen LogP contribution in [-0.2, 0) is 4.43 Å². The van der Waals surface area contributed by atoms with E-state index in [0.29, 0.717) is 16.9 Å². The first kappa shape index (κ1) is 13.1. The van der Waals surface area contributed by atoms with E-state index in [-0.39, 0.29) is 0 Å². The predicted octanol–water partition coefficient (Wildman–Crippen LogP) is 4.36. The maximum atomic E-state index is 6.51. The quantitative estimate of drug-likeness (QED) is 0.556. The van der Waals surface area contributed by atoms with E-state index < -0.39 is 8.32 Å². The third-order valence-corrected chi connectivity index (χ3v) is 11.1. The van der Waals surface area contributed by atoms with Crippen molar-refractivity contribution < 1.29 is 4.43 Å². The summed E-state index contributed by atoms with van der Waals surface area (Å²) in [5.74, 6) is 0.891. The first-order valence-corrected chi connectivity index (χ1v) is 10.7. The summed E-state index contributed by atoms with van der Waals surface area (Å²) in [6.07, 6.45) is 4.59. The van der Waals surface area contributed by atoms with Crippen LogP contribution in [0.4, 0.5) is 0 Å². The number of fused-ring (bicyclic) bond motifs is 2. The normalized spacial score (nSPS) is 41.6. The molecule has 0 radical (unpaired) electrons. The van der Waals surface area contributed by atoms with Gasteiger partial charge in [0, 0.05) is 4.95 Å². The summed E-state index contributed by atoms with van der Waals surface area (Å²) < 4.78 is 6.51. The van der Waals surface area contributed by atoms with Gasteiger partial charge in [-0.25, -0.2) is 0 Å². The van der Waals surface area contributed by atoms with Crippen LogP contribution in [0.3, 0.4) is 0 Å². The number of rotatable bonds is 3. The van der Waals surface area contributed by atoms with E-state index in [9.17, 15) is 0 Å². The second-order valence-corrected chi connectivity index (χ2v) is 12.8. The molecule has 94 valence electrons. The van der Waals surface area contributed by atoms with Crippen LogP contribution in [0, 0.1) is 16.7 Å². The summed E-state index contributed by atoms with van der Waals surface area (Å²) in [5, 5.41) is 0. The van der Waals surface area contributed by atoms with Gasteiger partial charge in [0.15, 0.2) is 8.32 Å². The SMILES string of the molecule is CC1(C)C2CCC1(C)C(O[Si](C)(C)CBr)C2. The Morgan fingerprint density at radius 2 is 1.94 bits per heavy atom. The highest BCUT2D eigenvalue weighted by molar-refractivity contribution is 9.09. The molecule has 0 spiro atoms. The molecule has 0 aromatic carbocycles. The topological polar surface area (TPSA) is 9.23 Å². The molecule has 3 atom stereocenters. The van der Waals surface area contributed by atoms with Gasteiger partial charge in [-0.3, -0.25) is 0 Å². The third-order valence-electron chi connectivity index (χ3n) is 5.50. The highest BCUT2D eigenvalue weighted by Gasteiger charge is 2.62. The fourth-order valence-electron chi connectivity index (χ4n) is 3.73. The third kappa shape index (κ3) is 1.74. The van der Waals surface area contributed by atoms with Gasteiger partial charge in [0.1, 0.15) is 0 Å². The predicted molar refractivity (Wildman–Crippen MR) is 75.4 cm³/mol. The Morgan fingerprint density at radius 3 is 2.31 bits per heavy atom. The lowest BCUT2D eigenvalue weighted by atomic mass is 9.70. The molecule has 16 heavy (non-hydrogen) atoms. The smallest absolute Gasteiger partial charge is 0.197 e. The lowest BCUT2D eigenvalue weighted by molar-refractivity contribution is 0.0251. The summed E-state index contributed by atoms with van der Waals surface area (Å²) >= 11 is 3.61. The maximum absolute atomic E-state index is 6.51. The Bertz CT molecular complexity index is 290. The van der Waals surface area contributed by atoms with Crippen LogP contribution in [-0.4, -0.2) is 19.4 Å². The van der Waals surface area contributed by atoms with Gasteiger partial charge < -0.3 is 4.43 Å². The number of halogens is 1. The van der Waals surface area contributed by atoms with Gasteiger partial charge in [0.25, 0.3) is 0 Å². The second-order valence-electron chi connectivity index (χ2n) is 7.11. The minimum Gasteiger partial charge on any atom is -0.413 e. The molecule has 2 aliphatic carbocycles. The number of alkyl halides is 1. The molecular formula is C13H25BrOSi. The molecule has 0 N–H and O–H groups in total. The van der Waals surface area contributed by atoms with Crippen LogP contribution in [0.15, 0.2) is 0 Å². The molecule has 0 saturated heterocycles. The van der Waals surface area contributed by atoms with Crippen molar-refractivity contribution in [1.29, 1.82) is 0 Å². The average Bonchev–Trinajstić information content (AvgIpc) is 2.50.